The van der Waals surface area contributed by atoms with Crippen LogP contribution in [0.5, 0.6) is 0 Å². The van der Waals surface area contributed by atoms with Crippen molar-refractivity contribution in [1.82, 2.24) is 10.3 Å². The zero-order valence-corrected chi connectivity index (χ0v) is 12.0. The third kappa shape index (κ3) is 7.60. The first-order valence-corrected chi connectivity index (χ1v) is 7.54. The quantitative estimate of drug-likeness (QED) is 0.649. The number of aromatic nitrogens is 1. The number of nitrogens with one attached hydrogen (secondary N) is 1. The number of unbranched alkanes of at least 4 members (excludes halogenated alkanes) is 7. The van der Waals surface area contributed by atoms with Gasteiger partial charge in [0, 0.05) is 12.7 Å². The molecule has 1 rings (SSSR count). The van der Waals surface area contributed by atoms with E-state index in [4.69, 9.17) is 0 Å². The van der Waals surface area contributed by atoms with Gasteiger partial charge in [-0.1, -0.05) is 57.9 Å². The molecule has 0 unspecified atom stereocenters. The highest BCUT2D eigenvalue weighted by atomic mass is 16.1. The fourth-order valence-corrected chi connectivity index (χ4v) is 2.05. The van der Waals surface area contributed by atoms with Gasteiger partial charge in [-0.3, -0.25) is 9.78 Å². The van der Waals surface area contributed by atoms with Gasteiger partial charge in [-0.15, -0.1) is 0 Å². The summed E-state index contributed by atoms with van der Waals surface area (Å²) in [6, 6.07) is 5.39. The first kappa shape index (κ1) is 15.7. The summed E-state index contributed by atoms with van der Waals surface area (Å²) in [5.74, 6) is -0.0662. The molecule has 1 N–H and O–H groups in total. The number of rotatable bonds is 10. The zero-order valence-electron chi connectivity index (χ0n) is 12.0. The molecule has 1 aromatic rings. The van der Waals surface area contributed by atoms with Crippen LogP contribution in [-0.2, 0) is 0 Å². The molecule has 3 heteroatoms. The highest BCUT2D eigenvalue weighted by Crippen LogP contribution is 2.07. The SMILES string of the molecule is CCCCCCCCCCNC(=O)c1ccccn1. The van der Waals surface area contributed by atoms with E-state index in [0.717, 1.165) is 13.0 Å². The van der Waals surface area contributed by atoms with E-state index in [9.17, 15) is 4.79 Å². The van der Waals surface area contributed by atoms with Gasteiger partial charge in [0.05, 0.1) is 0 Å². The fraction of sp³-hybridized carbons (Fsp3) is 0.625. The molecule has 3 nitrogen and oxygen atoms in total. The van der Waals surface area contributed by atoms with Crippen molar-refractivity contribution in [3.05, 3.63) is 30.1 Å². The average Bonchev–Trinajstić information content (AvgIpc) is 2.46. The standard InChI is InChI=1S/C16H26N2O/c1-2-3-4-5-6-7-8-10-14-18-16(19)15-12-9-11-13-17-15/h9,11-13H,2-8,10,14H2,1H3,(H,18,19). The fourth-order valence-electron chi connectivity index (χ4n) is 2.05. The zero-order chi connectivity index (χ0) is 13.8. The van der Waals surface area contributed by atoms with Crippen LogP contribution in [0.25, 0.3) is 0 Å². The van der Waals surface area contributed by atoms with Crippen LogP contribution in [0.2, 0.25) is 0 Å². The maximum absolute atomic E-state index is 11.7. The lowest BCUT2D eigenvalue weighted by molar-refractivity contribution is 0.0948. The van der Waals surface area contributed by atoms with Crippen LogP contribution in [0.4, 0.5) is 0 Å². The second-order valence-corrected chi connectivity index (χ2v) is 4.95. The number of carbonyl (C=O) groups is 1. The minimum atomic E-state index is -0.0662. The number of pyridine rings is 1. The van der Waals surface area contributed by atoms with Crippen LogP contribution in [-0.4, -0.2) is 17.4 Å². The van der Waals surface area contributed by atoms with E-state index in [2.05, 4.69) is 17.2 Å². The molecule has 1 heterocycles. The number of hydrogen-bond donors (Lipinski definition) is 1. The minimum Gasteiger partial charge on any atom is -0.351 e. The second-order valence-electron chi connectivity index (χ2n) is 4.95. The van der Waals surface area contributed by atoms with Gasteiger partial charge < -0.3 is 5.32 Å². The summed E-state index contributed by atoms with van der Waals surface area (Å²) < 4.78 is 0. The highest BCUT2D eigenvalue weighted by Gasteiger charge is 2.03. The van der Waals surface area contributed by atoms with E-state index >= 15 is 0 Å². The molecule has 0 aliphatic heterocycles. The Morgan fingerprint density at radius 3 is 2.37 bits per heavy atom. The topological polar surface area (TPSA) is 42.0 Å². The Bertz CT molecular complexity index is 338. The largest absolute Gasteiger partial charge is 0.351 e. The van der Waals surface area contributed by atoms with Gasteiger partial charge in [-0.25, -0.2) is 0 Å². The van der Waals surface area contributed by atoms with Crippen molar-refractivity contribution in [2.24, 2.45) is 0 Å². The molecule has 106 valence electrons. The molecule has 0 atom stereocenters. The van der Waals surface area contributed by atoms with Crippen molar-refractivity contribution in [3.8, 4) is 0 Å². The first-order chi connectivity index (χ1) is 9.34. The minimum absolute atomic E-state index is 0.0662. The molecule has 19 heavy (non-hydrogen) atoms. The Labute approximate surface area is 116 Å². The lowest BCUT2D eigenvalue weighted by Gasteiger charge is -2.04. The lowest BCUT2D eigenvalue weighted by Crippen LogP contribution is -2.25. The van der Waals surface area contributed by atoms with Gasteiger partial charge in [0.2, 0.25) is 0 Å². The molecule has 0 spiro atoms. The Morgan fingerprint density at radius 1 is 1.05 bits per heavy atom. The highest BCUT2D eigenvalue weighted by molar-refractivity contribution is 5.92. The van der Waals surface area contributed by atoms with Gasteiger partial charge in [0.15, 0.2) is 0 Å². The summed E-state index contributed by atoms with van der Waals surface area (Å²) in [4.78, 5) is 15.7. The maximum Gasteiger partial charge on any atom is 0.269 e. The second kappa shape index (κ2) is 10.5. The maximum atomic E-state index is 11.7. The smallest absolute Gasteiger partial charge is 0.269 e. The summed E-state index contributed by atoms with van der Waals surface area (Å²) in [5, 5.41) is 2.91. The van der Waals surface area contributed by atoms with E-state index < -0.39 is 0 Å². The predicted molar refractivity (Wildman–Crippen MR) is 79.2 cm³/mol. The molecular weight excluding hydrogens is 236 g/mol. The summed E-state index contributed by atoms with van der Waals surface area (Å²) in [5.41, 5.74) is 0.502. The van der Waals surface area contributed by atoms with E-state index in [0.29, 0.717) is 5.69 Å². The van der Waals surface area contributed by atoms with E-state index in [1.165, 1.54) is 44.9 Å². The van der Waals surface area contributed by atoms with Crippen molar-refractivity contribution in [1.29, 1.82) is 0 Å². The van der Waals surface area contributed by atoms with E-state index in [-0.39, 0.29) is 5.91 Å². The summed E-state index contributed by atoms with van der Waals surface area (Å²) in [7, 11) is 0. The van der Waals surface area contributed by atoms with E-state index in [1.807, 2.05) is 12.1 Å². The van der Waals surface area contributed by atoms with Crippen molar-refractivity contribution < 1.29 is 4.79 Å². The third-order valence-corrected chi connectivity index (χ3v) is 3.21. The van der Waals surface area contributed by atoms with Crippen molar-refractivity contribution in [3.63, 3.8) is 0 Å². The van der Waals surface area contributed by atoms with Gasteiger partial charge >= 0.3 is 0 Å². The Morgan fingerprint density at radius 2 is 1.74 bits per heavy atom. The predicted octanol–water partition coefficient (Wildman–Crippen LogP) is 3.95. The Hall–Kier alpha value is -1.38. The number of nitrogens with zero attached hydrogens (tertiary/aromatic N) is 1. The summed E-state index contributed by atoms with van der Waals surface area (Å²) in [6.07, 6.45) is 11.9. The first-order valence-electron chi connectivity index (χ1n) is 7.54. The molecule has 0 aliphatic rings. The normalized spacial score (nSPS) is 10.4. The van der Waals surface area contributed by atoms with Crippen LogP contribution in [0.1, 0.15) is 68.8 Å². The van der Waals surface area contributed by atoms with Gasteiger partial charge in [-0.2, -0.15) is 0 Å². The van der Waals surface area contributed by atoms with Crippen LogP contribution < -0.4 is 5.32 Å². The van der Waals surface area contributed by atoms with Crippen molar-refractivity contribution in [2.75, 3.05) is 6.54 Å². The van der Waals surface area contributed by atoms with Crippen LogP contribution in [0, 0.1) is 0 Å². The molecule has 1 aromatic heterocycles. The third-order valence-electron chi connectivity index (χ3n) is 3.21. The van der Waals surface area contributed by atoms with Gasteiger partial charge in [-0.05, 0) is 18.6 Å². The monoisotopic (exact) mass is 262 g/mol. The molecule has 0 saturated heterocycles. The molecule has 0 aromatic carbocycles. The molecule has 1 amide bonds. The molecule has 0 fully saturated rings. The Kier molecular flexibility index (Phi) is 8.69. The molecule has 0 saturated carbocycles. The molecule has 0 aliphatic carbocycles. The Balaban J connectivity index is 1.95. The van der Waals surface area contributed by atoms with Gasteiger partial charge in [0.1, 0.15) is 5.69 Å². The van der Waals surface area contributed by atoms with E-state index in [1.54, 1.807) is 12.3 Å². The average molecular weight is 262 g/mol. The number of carbonyl (C=O) groups excluding carboxylic acids is 1. The lowest BCUT2D eigenvalue weighted by atomic mass is 10.1. The number of hydrogen-bond acceptors (Lipinski definition) is 2. The van der Waals surface area contributed by atoms with Crippen molar-refractivity contribution in [2.45, 2.75) is 58.3 Å². The van der Waals surface area contributed by atoms with Crippen LogP contribution in [0.15, 0.2) is 24.4 Å². The van der Waals surface area contributed by atoms with Crippen LogP contribution in [0.3, 0.4) is 0 Å². The van der Waals surface area contributed by atoms with Crippen LogP contribution >= 0.6 is 0 Å². The van der Waals surface area contributed by atoms with Crippen molar-refractivity contribution >= 4 is 5.91 Å². The summed E-state index contributed by atoms with van der Waals surface area (Å²) >= 11 is 0. The van der Waals surface area contributed by atoms with Gasteiger partial charge in [0.25, 0.3) is 5.91 Å². The molecular formula is C16H26N2O. The summed E-state index contributed by atoms with van der Waals surface area (Å²) in [6.45, 7) is 2.99. The molecule has 0 radical (unpaired) electrons. The molecule has 0 bridgehead atoms. The number of amides is 1.